The zero-order chi connectivity index (χ0) is 9.68. The molecule has 1 aromatic rings. The molecule has 0 aliphatic heterocycles. The molecule has 0 saturated heterocycles. The lowest BCUT2D eigenvalue weighted by Gasteiger charge is -2.04. The normalized spacial score (nSPS) is 10.4. The molecule has 0 aromatic carbocycles. The predicted molar refractivity (Wildman–Crippen MR) is 56.8 cm³/mol. The first-order valence-corrected chi connectivity index (χ1v) is 4.79. The Hall–Kier alpha value is -1.11. The van der Waals surface area contributed by atoms with Crippen molar-refractivity contribution >= 4 is 0 Å². The molecule has 0 radical (unpaired) electrons. The third kappa shape index (κ3) is 3.02. The molecule has 70 valence electrons. The highest BCUT2D eigenvalue weighted by molar-refractivity contribution is 5.17. The molecule has 0 fully saturated rings. The fourth-order valence-electron chi connectivity index (χ4n) is 1.18. The van der Waals surface area contributed by atoms with E-state index in [1.807, 2.05) is 12.3 Å². The SMILES string of the molecule is C=CCCc1ccc(C(C)C)cn1. The molecule has 0 saturated carbocycles. The number of hydrogen-bond donors (Lipinski definition) is 0. The maximum atomic E-state index is 4.39. The highest BCUT2D eigenvalue weighted by Crippen LogP contribution is 2.13. The third-order valence-electron chi connectivity index (χ3n) is 2.12. The lowest BCUT2D eigenvalue weighted by molar-refractivity contribution is 0.846. The average molecular weight is 175 g/mol. The Balaban J connectivity index is 2.64. The number of nitrogens with zero attached hydrogens (tertiary/aromatic N) is 1. The van der Waals surface area contributed by atoms with Gasteiger partial charge in [0.15, 0.2) is 0 Å². The maximum absolute atomic E-state index is 4.39. The molecule has 0 N–H and O–H groups in total. The Bertz CT molecular complexity index is 259. The van der Waals surface area contributed by atoms with Crippen molar-refractivity contribution in [1.29, 1.82) is 0 Å². The molecule has 0 amide bonds. The quantitative estimate of drug-likeness (QED) is 0.640. The van der Waals surface area contributed by atoms with Crippen LogP contribution in [0.5, 0.6) is 0 Å². The molecule has 0 aliphatic carbocycles. The summed E-state index contributed by atoms with van der Waals surface area (Å²) in [6.07, 6.45) is 5.91. The summed E-state index contributed by atoms with van der Waals surface area (Å²) >= 11 is 0. The van der Waals surface area contributed by atoms with Gasteiger partial charge in [-0.3, -0.25) is 4.98 Å². The first-order chi connectivity index (χ1) is 6.24. The molecule has 0 spiro atoms. The van der Waals surface area contributed by atoms with E-state index in [1.54, 1.807) is 0 Å². The molecule has 1 nitrogen and oxygen atoms in total. The largest absolute Gasteiger partial charge is 0.261 e. The maximum Gasteiger partial charge on any atom is 0.0406 e. The number of rotatable bonds is 4. The van der Waals surface area contributed by atoms with Crippen molar-refractivity contribution in [3.8, 4) is 0 Å². The van der Waals surface area contributed by atoms with Crippen LogP contribution in [0.1, 0.15) is 37.4 Å². The summed E-state index contributed by atoms with van der Waals surface area (Å²) in [4.78, 5) is 4.39. The number of aromatic nitrogens is 1. The van der Waals surface area contributed by atoms with E-state index in [4.69, 9.17) is 0 Å². The minimum atomic E-state index is 0.570. The Kier molecular flexibility index (Phi) is 3.69. The van der Waals surface area contributed by atoms with Gasteiger partial charge < -0.3 is 0 Å². The van der Waals surface area contributed by atoms with E-state index in [0.717, 1.165) is 18.5 Å². The van der Waals surface area contributed by atoms with Gasteiger partial charge >= 0.3 is 0 Å². The van der Waals surface area contributed by atoms with Crippen LogP contribution >= 0.6 is 0 Å². The molecule has 1 aromatic heterocycles. The van der Waals surface area contributed by atoms with Gasteiger partial charge in [-0.05, 0) is 30.4 Å². The van der Waals surface area contributed by atoms with Crippen LogP contribution in [0, 0.1) is 0 Å². The van der Waals surface area contributed by atoms with Gasteiger partial charge in [0, 0.05) is 11.9 Å². The van der Waals surface area contributed by atoms with Gasteiger partial charge in [0.1, 0.15) is 0 Å². The minimum Gasteiger partial charge on any atom is -0.261 e. The number of pyridine rings is 1. The predicted octanol–water partition coefficient (Wildman–Crippen LogP) is 3.32. The van der Waals surface area contributed by atoms with Crippen LogP contribution in [0.4, 0.5) is 0 Å². The Morgan fingerprint density at radius 1 is 1.46 bits per heavy atom. The Labute approximate surface area is 80.5 Å². The molecule has 1 rings (SSSR count). The van der Waals surface area contributed by atoms with Crippen LogP contribution in [0.15, 0.2) is 31.0 Å². The average Bonchev–Trinajstić information content (AvgIpc) is 2.15. The van der Waals surface area contributed by atoms with E-state index < -0.39 is 0 Å². The molecular weight excluding hydrogens is 158 g/mol. The van der Waals surface area contributed by atoms with Crippen LogP contribution in [-0.4, -0.2) is 4.98 Å². The molecule has 1 heteroatoms. The molecule has 0 aliphatic rings. The van der Waals surface area contributed by atoms with Crippen LogP contribution < -0.4 is 0 Å². The molecule has 0 bridgehead atoms. The van der Waals surface area contributed by atoms with Crippen LogP contribution in [0.2, 0.25) is 0 Å². The first kappa shape index (κ1) is 9.97. The Morgan fingerprint density at radius 2 is 2.23 bits per heavy atom. The molecular formula is C12H17N. The second-order valence-electron chi connectivity index (χ2n) is 3.56. The van der Waals surface area contributed by atoms with Gasteiger partial charge in [0.05, 0.1) is 0 Å². The summed E-state index contributed by atoms with van der Waals surface area (Å²) in [6.45, 7) is 8.06. The number of allylic oxidation sites excluding steroid dienone is 1. The topological polar surface area (TPSA) is 12.9 Å². The monoisotopic (exact) mass is 175 g/mol. The summed E-state index contributed by atoms with van der Waals surface area (Å²) in [6, 6.07) is 4.27. The molecule has 1 heterocycles. The van der Waals surface area contributed by atoms with Crippen molar-refractivity contribution in [2.75, 3.05) is 0 Å². The van der Waals surface area contributed by atoms with Crippen LogP contribution in [0.25, 0.3) is 0 Å². The second-order valence-corrected chi connectivity index (χ2v) is 3.56. The number of aryl methyl sites for hydroxylation is 1. The highest BCUT2D eigenvalue weighted by Gasteiger charge is 1.98. The smallest absolute Gasteiger partial charge is 0.0406 e. The summed E-state index contributed by atoms with van der Waals surface area (Å²) in [5.41, 5.74) is 2.46. The highest BCUT2D eigenvalue weighted by atomic mass is 14.7. The number of hydrogen-bond acceptors (Lipinski definition) is 1. The summed E-state index contributed by atoms with van der Waals surface area (Å²) < 4.78 is 0. The van der Waals surface area contributed by atoms with Gasteiger partial charge in [-0.25, -0.2) is 0 Å². The minimum absolute atomic E-state index is 0.570. The zero-order valence-electron chi connectivity index (χ0n) is 8.46. The van der Waals surface area contributed by atoms with Gasteiger partial charge in [-0.2, -0.15) is 0 Å². The summed E-state index contributed by atoms with van der Waals surface area (Å²) in [5, 5.41) is 0. The summed E-state index contributed by atoms with van der Waals surface area (Å²) in [5.74, 6) is 0.570. The third-order valence-corrected chi connectivity index (χ3v) is 2.12. The van der Waals surface area contributed by atoms with Crippen molar-refractivity contribution < 1.29 is 0 Å². The molecule has 0 unspecified atom stereocenters. The van der Waals surface area contributed by atoms with Crippen molar-refractivity contribution in [2.24, 2.45) is 0 Å². The van der Waals surface area contributed by atoms with E-state index in [1.165, 1.54) is 5.56 Å². The van der Waals surface area contributed by atoms with Crippen molar-refractivity contribution in [2.45, 2.75) is 32.6 Å². The molecule has 13 heavy (non-hydrogen) atoms. The van der Waals surface area contributed by atoms with E-state index in [-0.39, 0.29) is 0 Å². The van der Waals surface area contributed by atoms with E-state index >= 15 is 0 Å². The standard InChI is InChI=1S/C12H17N/c1-4-5-6-12-8-7-11(9-13-12)10(2)3/h4,7-10H,1,5-6H2,2-3H3. The van der Waals surface area contributed by atoms with Gasteiger partial charge in [-0.1, -0.05) is 26.0 Å². The van der Waals surface area contributed by atoms with E-state index in [2.05, 4.69) is 37.5 Å². The fraction of sp³-hybridized carbons (Fsp3) is 0.417. The first-order valence-electron chi connectivity index (χ1n) is 4.79. The van der Waals surface area contributed by atoms with Crippen LogP contribution in [-0.2, 0) is 6.42 Å². The van der Waals surface area contributed by atoms with Crippen molar-refractivity contribution in [1.82, 2.24) is 4.98 Å². The lowest BCUT2D eigenvalue weighted by atomic mass is 10.1. The van der Waals surface area contributed by atoms with Gasteiger partial charge in [0.25, 0.3) is 0 Å². The van der Waals surface area contributed by atoms with Crippen molar-refractivity contribution in [3.05, 3.63) is 42.2 Å². The van der Waals surface area contributed by atoms with Crippen molar-refractivity contribution in [3.63, 3.8) is 0 Å². The lowest BCUT2D eigenvalue weighted by Crippen LogP contribution is -1.92. The molecule has 0 atom stereocenters. The van der Waals surface area contributed by atoms with Crippen LogP contribution in [0.3, 0.4) is 0 Å². The Morgan fingerprint density at radius 3 is 2.69 bits per heavy atom. The van der Waals surface area contributed by atoms with Gasteiger partial charge in [0.2, 0.25) is 0 Å². The van der Waals surface area contributed by atoms with E-state index in [9.17, 15) is 0 Å². The summed E-state index contributed by atoms with van der Waals surface area (Å²) in [7, 11) is 0. The fourth-order valence-corrected chi connectivity index (χ4v) is 1.18. The zero-order valence-corrected chi connectivity index (χ0v) is 8.46. The second kappa shape index (κ2) is 4.80. The van der Waals surface area contributed by atoms with E-state index in [0.29, 0.717) is 5.92 Å². The van der Waals surface area contributed by atoms with Gasteiger partial charge in [-0.15, -0.1) is 6.58 Å².